The predicted molar refractivity (Wildman–Crippen MR) is 64.4 cm³/mol. The van der Waals surface area contributed by atoms with Gasteiger partial charge in [0.25, 0.3) is 0 Å². The highest BCUT2D eigenvalue weighted by Crippen LogP contribution is 2.06. The molecule has 1 heterocycles. The van der Waals surface area contributed by atoms with E-state index in [0.29, 0.717) is 19.6 Å². The molecule has 0 unspecified atom stereocenters. The van der Waals surface area contributed by atoms with E-state index >= 15 is 0 Å². The van der Waals surface area contributed by atoms with E-state index in [0.717, 1.165) is 12.8 Å². The molecule has 1 saturated heterocycles. The molecule has 1 N–H and O–H groups in total. The highest BCUT2D eigenvalue weighted by Gasteiger charge is 2.22. The van der Waals surface area contributed by atoms with Crippen LogP contribution in [0.1, 0.15) is 45.4 Å². The minimum Gasteiger partial charge on any atom is -0.361 e. The maximum absolute atomic E-state index is 11.7. The van der Waals surface area contributed by atoms with Crippen LogP contribution in [0, 0.1) is 0 Å². The summed E-state index contributed by atoms with van der Waals surface area (Å²) in [5.74, 6) is -0.141. The van der Waals surface area contributed by atoms with Gasteiger partial charge in [-0.1, -0.05) is 32.6 Å². The van der Waals surface area contributed by atoms with Gasteiger partial charge in [0.05, 0.1) is 13.0 Å². The molecule has 1 aliphatic rings. The summed E-state index contributed by atoms with van der Waals surface area (Å²) in [5, 5.41) is 2.56. The molecule has 0 aliphatic carbocycles. The molecule has 0 radical (unpaired) electrons. The zero-order valence-corrected chi connectivity index (χ0v) is 10.5. The maximum atomic E-state index is 11.7. The summed E-state index contributed by atoms with van der Waals surface area (Å²) < 4.78 is 5.04. The quantitative estimate of drug-likeness (QED) is 0.723. The first-order valence-corrected chi connectivity index (χ1v) is 6.41. The Balaban J connectivity index is 2.30. The number of urea groups is 1. The Morgan fingerprint density at radius 2 is 2.00 bits per heavy atom. The molecule has 98 valence electrons. The van der Waals surface area contributed by atoms with Crippen molar-refractivity contribution in [1.29, 1.82) is 0 Å². The molecule has 0 aromatic rings. The van der Waals surface area contributed by atoms with Crippen LogP contribution in [-0.4, -0.2) is 36.7 Å². The van der Waals surface area contributed by atoms with Gasteiger partial charge in [-0.3, -0.25) is 9.69 Å². The second kappa shape index (κ2) is 8.06. The van der Waals surface area contributed by atoms with Crippen molar-refractivity contribution in [2.45, 2.75) is 45.4 Å². The second-order valence-electron chi connectivity index (χ2n) is 4.24. The Labute approximate surface area is 102 Å². The number of carbonyl (C=O) groups is 2. The fourth-order valence-electron chi connectivity index (χ4n) is 1.79. The molecule has 17 heavy (non-hydrogen) atoms. The first-order valence-electron chi connectivity index (χ1n) is 6.41. The van der Waals surface area contributed by atoms with Crippen molar-refractivity contribution in [3.05, 3.63) is 0 Å². The smallest absolute Gasteiger partial charge is 0.325 e. The van der Waals surface area contributed by atoms with Gasteiger partial charge in [0.1, 0.15) is 6.73 Å². The summed E-state index contributed by atoms with van der Waals surface area (Å²) in [6.07, 6.45) is 5.83. The molecular weight excluding hydrogens is 220 g/mol. The largest absolute Gasteiger partial charge is 0.361 e. The van der Waals surface area contributed by atoms with Crippen LogP contribution < -0.4 is 5.32 Å². The molecule has 5 heteroatoms. The lowest BCUT2D eigenvalue weighted by Gasteiger charge is -2.23. The van der Waals surface area contributed by atoms with E-state index in [1.165, 1.54) is 24.2 Å². The highest BCUT2D eigenvalue weighted by atomic mass is 16.5. The number of imide groups is 1. The van der Waals surface area contributed by atoms with Gasteiger partial charge in [-0.15, -0.1) is 0 Å². The van der Waals surface area contributed by atoms with Gasteiger partial charge >= 0.3 is 6.03 Å². The van der Waals surface area contributed by atoms with Crippen molar-refractivity contribution < 1.29 is 14.3 Å². The van der Waals surface area contributed by atoms with Crippen molar-refractivity contribution in [2.75, 3.05) is 19.9 Å². The van der Waals surface area contributed by atoms with E-state index in [2.05, 4.69) is 12.2 Å². The second-order valence-corrected chi connectivity index (χ2v) is 4.24. The van der Waals surface area contributed by atoms with Gasteiger partial charge in [0, 0.05) is 6.54 Å². The van der Waals surface area contributed by atoms with Crippen LogP contribution in [0.4, 0.5) is 4.79 Å². The number of carbonyl (C=O) groups excluding carboxylic acids is 2. The number of hydrogen-bond acceptors (Lipinski definition) is 3. The number of unbranched alkanes of at least 4 members (excludes halogenated alkanes) is 4. The van der Waals surface area contributed by atoms with E-state index in [1.807, 2.05) is 0 Å². The fraction of sp³-hybridized carbons (Fsp3) is 0.833. The molecule has 0 saturated carbocycles. The van der Waals surface area contributed by atoms with Crippen LogP contribution in [0.3, 0.4) is 0 Å². The predicted octanol–water partition coefficient (Wildman–Crippen LogP) is 1.87. The van der Waals surface area contributed by atoms with Crippen LogP contribution in [0.2, 0.25) is 0 Å². The Hall–Kier alpha value is -1.10. The molecule has 1 fully saturated rings. The van der Waals surface area contributed by atoms with Crippen molar-refractivity contribution in [2.24, 2.45) is 0 Å². The van der Waals surface area contributed by atoms with Crippen molar-refractivity contribution in [1.82, 2.24) is 10.2 Å². The molecule has 0 aromatic carbocycles. The van der Waals surface area contributed by atoms with Gasteiger partial charge in [-0.25, -0.2) is 4.79 Å². The molecule has 3 amide bonds. The van der Waals surface area contributed by atoms with Crippen LogP contribution >= 0.6 is 0 Å². The van der Waals surface area contributed by atoms with E-state index < -0.39 is 0 Å². The Morgan fingerprint density at radius 3 is 2.76 bits per heavy atom. The zero-order valence-electron chi connectivity index (χ0n) is 10.5. The summed E-state index contributed by atoms with van der Waals surface area (Å²) >= 11 is 0. The number of hydrogen-bond donors (Lipinski definition) is 1. The number of ether oxygens (including phenoxy) is 1. The van der Waals surface area contributed by atoms with E-state index in [9.17, 15) is 9.59 Å². The van der Waals surface area contributed by atoms with Gasteiger partial charge in [-0.2, -0.15) is 0 Å². The van der Waals surface area contributed by atoms with E-state index in [-0.39, 0.29) is 18.7 Å². The standard InChI is InChI=1S/C12H22N2O3/c1-2-3-4-5-6-8-14-11(15)7-9-17-10-13-12(14)16/h2-10H2,1H3,(H,13,16). The van der Waals surface area contributed by atoms with Gasteiger partial charge in [0.15, 0.2) is 0 Å². The van der Waals surface area contributed by atoms with Gasteiger partial charge in [-0.05, 0) is 6.42 Å². The molecular formula is C12H22N2O3. The topological polar surface area (TPSA) is 58.6 Å². The van der Waals surface area contributed by atoms with Crippen LogP contribution in [0.25, 0.3) is 0 Å². The molecule has 1 rings (SSSR count). The normalized spacial score (nSPS) is 17.6. The van der Waals surface area contributed by atoms with Crippen LogP contribution in [0.15, 0.2) is 0 Å². The summed E-state index contributed by atoms with van der Waals surface area (Å²) in [4.78, 5) is 24.6. The molecule has 0 spiro atoms. The Bertz CT molecular complexity index is 238. The van der Waals surface area contributed by atoms with E-state index in [1.54, 1.807) is 0 Å². The summed E-state index contributed by atoms with van der Waals surface area (Å²) in [6, 6.07) is -0.329. The third-order valence-electron chi connectivity index (χ3n) is 2.82. The van der Waals surface area contributed by atoms with E-state index in [4.69, 9.17) is 4.74 Å². The number of nitrogens with one attached hydrogen (secondary N) is 1. The van der Waals surface area contributed by atoms with Crippen molar-refractivity contribution in [3.8, 4) is 0 Å². The number of nitrogens with zero attached hydrogens (tertiary/aromatic N) is 1. The minimum absolute atomic E-state index is 0.141. The molecule has 0 atom stereocenters. The third kappa shape index (κ3) is 5.17. The van der Waals surface area contributed by atoms with Crippen LogP contribution in [-0.2, 0) is 9.53 Å². The zero-order chi connectivity index (χ0) is 12.5. The molecule has 0 aromatic heterocycles. The lowest BCUT2D eigenvalue weighted by atomic mass is 10.1. The Kier molecular flexibility index (Phi) is 6.62. The number of rotatable bonds is 6. The molecule has 0 bridgehead atoms. The minimum atomic E-state index is -0.329. The van der Waals surface area contributed by atoms with Crippen molar-refractivity contribution in [3.63, 3.8) is 0 Å². The fourth-order valence-corrected chi connectivity index (χ4v) is 1.79. The monoisotopic (exact) mass is 242 g/mol. The summed E-state index contributed by atoms with van der Waals surface area (Å²) in [6.45, 7) is 3.26. The average Bonchev–Trinajstić information content (AvgIpc) is 2.31. The summed E-state index contributed by atoms with van der Waals surface area (Å²) in [5.41, 5.74) is 0. The first kappa shape index (κ1) is 14.0. The lowest BCUT2D eigenvalue weighted by molar-refractivity contribution is -0.130. The summed E-state index contributed by atoms with van der Waals surface area (Å²) in [7, 11) is 0. The number of amides is 3. The SMILES string of the molecule is CCCCCCCN1C(=O)CCOCNC1=O. The first-order chi connectivity index (χ1) is 8.25. The van der Waals surface area contributed by atoms with Crippen molar-refractivity contribution >= 4 is 11.9 Å². The average molecular weight is 242 g/mol. The molecule has 5 nitrogen and oxygen atoms in total. The van der Waals surface area contributed by atoms with Gasteiger partial charge < -0.3 is 10.1 Å². The highest BCUT2D eigenvalue weighted by molar-refractivity contribution is 5.94. The van der Waals surface area contributed by atoms with Crippen LogP contribution in [0.5, 0.6) is 0 Å². The Morgan fingerprint density at radius 1 is 1.24 bits per heavy atom. The third-order valence-corrected chi connectivity index (χ3v) is 2.82. The lowest BCUT2D eigenvalue weighted by Crippen LogP contribution is -2.47. The van der Waals surface area contributed by atoms with Gasteiger partial charge in [0.2, 0.25) is 5.91 Å². The maximum Gasteiger partial charge on any atom is 0.325 e. The molecule has 1 aliphatic heterocycles.